The predicted molar refractivity (Wildman–Crippen MR) is 54.3 cm³/mol. The highest BCUT2D eigenvalue weighted by Crippen LogP contribution is 2.25. The molecule has 0 radical (unpaired) electrons. The monoisotopic (exact) mass is 192 g/mol. The Labute approximate surface area is 82.3 Å². The van der Waals surface area contributed by atoms with Crippen LogP contribution in [0.15, 0.2) is 18.7 Å². The van der Waals surface area contributed by atoms with Gasteiger partial charge < -0.3 is 10.2 Å². The quantitative estimate of drug-likeness (QED) is 0.705. The van der Waals surface area contributed by atoms with Crippen LogP contribution in [-0.4, -0.2) is 16.2 Å². The summed E-state index contributed by atoms with van der Waals surface area (Å²) in [7, 11) is 0. The van der Waals surface area contributed by atoms with Gasteiger partial charge in [0, 0.05) is 0 Å². The molecular weight excluding hydrogens is 180 g/mol. The Morgan fingerprint density at radius 1 is 1.29 bits per heavy atom. The maximum atomic E-state index is 10.6. The van der Waals surface area contributed by atoms with E-state index in [-0.39, 0.29) is 11.3 Å². The third kappa shape index (κ3) is 1.76. The number of hydrogen-bond donors (Lipinski definition) is 2. The highest BCUT2D eigenvalue weighted by molar-refractivity contribution is 6.14. The van der Waals surface area contributed by atoms with Crippen LogP contribution in [0.1, 0.15) is 16.7 Å². The number of carboxylic acids is 1. The van der Waals surface area contributed by atoms with Gasteiger partial charge in [0.15, 0.2) is 0 Å². The van der Waals surface area contributed by atoms with Crippen LogP contribution in [0.4, 0.5) is 0 Å². The van der Waals surface area contributed by atoms with Crippen LogP contribution in [0.5, 0.6) is 5.75 Å². The minimum absolute atomic E-state index is 0.0381. The van der Waals surface area contributed by atoms with E-state index < -0.39 is 5.97 Å². The van der Waals surface area contributed by atoms with E-state index in [2.05, 4.69) is 6.58 Å². The summed E-state index contributed by atoms with van der Waals surface area (Å²) in [5.74, 6) is -0.846. The van der Waals surface area contributed by atoms with E-state index in [0.717, 1.165) is 0 Å². The second-order valence-corrected chi connectivity index (χ2v) is 3.24. The molecule has 0 aliphatic heterocycles. The lowest BCUT2D eigenvalue weighted by Crippen LogP contribution is -1.98. The fourth-order valence-electron chi connectivity index (χ4n) is 1.25. The van der Waals surface area contributed by atoms with E-state index in [1.807, 2.05) is 0 Å². The van der Waals surface area contributed by atoms with Crippen LogP contribution >= 0.6 is 0 Å². The van der Waals surface area contributed by atoms with E-state index in [1.165, 1.54) is 0 Å². The topological polar surface area (TPSA) is 57.5 Å². The molecule has 0 aliphatic carbocycles. The number of aliphatic carboxylic acids is 1. The number of carboxylic acid groups (broad SMARTS) is 1. The first-order valence-corrected chi connectivity index (χ1v) is 4.16. The van der Waals surface area contributed by atoms with Gasteiger partial charge in [-0.15, -0.1) is 0 Å². The van der Waals surface area contributed by atoms with E-state index in [4.69, 9.17) is 5.11 Å². The van der Waals surface area contributed by atoms with Gasteiger partial charge in [0.2, 0.25) is 0 Å². The Hall–Kier alpha value is -1.77. The molecular formula is C11H12O3. The maximum Gasteiger partial charge on any atom is 0.335 e. The second-order valence-electron chi connectivity index (χ2n) is 3.24. The molecule has 0 heterocycles. The first-order valence-electron chi connectivity index (χ1n) is 4.16. The number of aryl methyl sites for hydroxylation is 2. The molecule has 1 aromatic carbocycles. The van der Waals surface area contributed by atoms with Crippen molar-refractivity contribution in [3.05, 3.63) is 35.4 Å². The number of hydrogen-bond acceptors (Lipinski definition) is 2. The Balaban J connectivity index is 3.26. The van der Waals surface area contributed by atoms with Gasteiger partial charge in [0.05, 0.1) is 5.57 Å². The minimum atomic E-state index is -1.05. The van der Waals surface area contributed by atoms with Gasteiger partial charge in [-0.2, -0.15) is 0 Å². The summed E-state index contributed by atoms with van der Waals surface area (Å²) in [5.41, 5.74) is 1.88. The minimum Gasteiger partial charge on any atom is -0.507 e. The van der Waals surface area contributed by atoms with Crippen LogP contribution in [0, 0.1) is 13.8 Å². The maximum absolute atomic E-state index is 10.6. The van der Waals surface area contributed by atoms with Crippen molar-refractivity contribution < 1.29 is 15.0 Å². The number of benzene rings is 1. The number of aromatic hydroxyl groups is 1. The first-order chi connectivity index (χ1) is 6.43. The lowest BCUT2D eigenvalue weighted by molar-refractivity contribution is -0.130. The summed E-state index contributed by atoms with van der Waals surface area (Å²) in [6.07, 6.45) is 0. The van der Waals surface area contributed by atoms with Crippen molar-refractivity contribution in [2.75, 3.05) is 0 Å². The SMILES string of the molecule is C=C(C(=O)O)c1cc(C)c(O)c(C)c1. The zero-order valence-electron chi connectivity index (χ0n) is 8.16. The van der Waals surface area contributed by atoms with E-state index >= 15 is 0 Å². The van der Waals surface area contributed by atoms with Crippen LogP contribution in [0.25, 0.3) is 5.57 Å². The van der Waals surface area contributed by atoms with Crippen molar-refractivity contribution in [2.24, 2.45) is 0 Å². The molecule has 0 fully saturated rings. The predicted octanol–water partition coefficient (Wildman–Crippen LogP) is 2.11. The van der Waals surface area contributed by atoms with E-state index in [1.54, 1.807) is 26.0 Å². The summed E-state index contributed by atoms with van der Waals surface area (Å²) in [5, 5.41) is 18.2. The molecule has 1 aromatic rings. The Bertz CT molecular complexity index is 382. The molecule has 0 saturated carbocycles. The molecule has 0 saturated heterocycles. The van der Waals surface area contributed by atoms with Crippen LogP contribution in [0.2, 0.25) is 0 Å². The van der Waals surface area contributed by atoms with Crippen LogP contribution < -0.4 is 0 Å². The van der Waals surface area contributed by atoms with Crippen LogP contribution in [-0.2, 0) is 4.79 Å². The number of phenols is 1. The second kappa shape index (κ2) is 3.54. The summed E-state index contributed by atoms with van der Waals surface area (Å²) in [6, 6.07) is 3.22. The molecule has 0 aromatic heterocycles. The largest absolute Gasteiger partial charge is 0.507 e. The molecule has 0 atom stereocenters. The molecule has 74 valence electrons. The highest BCUT2D eigenvalue weighted by atomic mass is 16.4. The zero-order valence-corrected chi connectivity index (χ0v) is 8.16. The average Bonchev–Trinajstić information content (AvgIpc) is 2.12. The molecule has 3 nitrogen and oxygen atoms in total. The summed E-state index contributed by atoms with van der Waals surface area (Å²) >= 11 is 0. The Morgan fingerprint density at radius 2 is 1.71 bits per heavy atom. The van der Waals surface area contributed by atoms with Crippen molar-refractivity contribution in [1.29, 1.82) is 0 Å². The summed E-state index contributed by atoms with van der Waals surface area (Å²) in [6.45, 7) is 6.90. The van der Waals surface area contributed by atoms with Gasteiger partial charge in [-0.3, -0.25) is 0 Å². The number of carbonyl (C=O) groups is 1. The van der Waals surface area contributed by atoms with Crippen molar-refractivity contribution in [3.63, 3.8) is 0 Å². The van der Waals surface area contributed by atoms with Gasteiger partial charge in [0.1, 0.15) is 5.75 Å². The van der Waals surface area contributed by atoms with Crippen molar-refractivity contribution in [1.82, 2.24) is 0 Å². The fraction of sp³-hybridized carbons (Fsp3) is 0.182. The van der Waals surface area contributed by atoms with Gasteiger partial charge >= 0.3 is 5.97 Å². The van der Waals surface area contributed by atoms with Crippen LogP contribution in [0.3, 0.4) is 0 Å². The molecule has 0 amide bonds. The molecule has 1 rings (SSSR count). The van der Waals surface area contributed by atoms with Crippen molar-refractivity contribution in [3.8, 4) is 5.75 Å². The normalized spacial score (nSPS) is 9.86. The number of rotatable bonds is 2. The zero-order chi connectivity index (χ0) is 10.9. The first kappa shape index (κ1) is 10.3. The van der Waals surface area contributed by atoms with Gasteiger partial charge in [0.25, 0.3) is 0 Å². The molecule has 2 N–H and O–H groups in total. The fourth-order valence-corrected chi connectivity index (χ4v) is 1.25. The van der Waals surface area contributed by atoms with Crippen molar-refractivity contribution >= 4 is 11.5 Å². The third-order valence-electron chi connectivity index (χ3n) is 2.10. The summed E-state index contributed by atoms with van der Waals surface area (Å²) in [4.78, 5) is 10.6. The van der Waals surface area contributed by atoms with Crippen molar-refractivity contribution in [2.45, 2.75) is 13.8 Å². The standard InChI is InChI=1S/C11H12O3/c1-6-4-9(8(3)11(13)14)5-7(2)10(6)12/h4-5,12H,3H2,1-2H3,(H,13,14). The molecule has 3 heteroatoms. The molecule has 0 spiro atoms. The van der Waals surface area contributed by atoms with E-state index in [9.17, 15) is 9.90 Å². The smallest absolute Gasteiger partial charge is 0.335 e. The Kier molecular flexibility index (Phi) is 2.60. The lowest BCUT2D eigenvalue weighted by Gasteiger charge is -2.07. The Morgan fingerprint density at radius 3 is 2.07 bits per heavy atom. The van der Waals surface area contributed by atoms with Gasteiger partial charge in [-0.25, -0.2) is 4.79 Å². The van der Waals surface area contributed by atoms with E-state index in [0.29, 0.717) is 16.7 Å². The lowest BCUT2D eigenvalue weighted by atomic mass is 10.0. The molecule has 14 heavy (non-hydrogen) atoms. The van der Waals surface area contributed by atoms with Gasteiger partial charge in [-0.1, -0.05) is 6.58 Å². The molecule has 0 unspecified atom stereocenters. The summed E-state index contributed by atoms with van der Waals surface area (Å²) < 4.78 is 0. The molecule has 0 aliphatic rings. The number of phenolic OH excluding ortho intramolecular Hbond substituents is 1. The third-order valence-corrected chi connectivity index (χ3v) is 2.10. The highest BCUT2D eigenvalue weighted by Gasteiger charge is 2.10. The molecule has 0 bridgehead atoms. The average molecular weight is 192 g/mol. The van der Waals surface area contributed by atoms with Gasteiger partial charge in [-0.05, 0) is 42.7 Å².